The fourth-order valence-electron chi connectivity index (χ4n) is 7.42. The molecule has 0 aromatic heterocycles. The first-order chi connectivity index (χ1) is 20.7. The predicted molar refractivity (Wildman–Crippen MR) is 173 cm³/mol. The molecule has 2 aromatic rings. The molecule has 6 unspecified atom stereocenters. The van der Waals surface area contributed by atoms with Gasteiger partial charge in [0.2, 0.25) is 0 Å². The number of aryl methyl sites for hydroxylation is 1. The summed E-state index contributed by atoms with van der Waals surface area (Å²) in [7, 11) is -1.55. The van der Waals surface area contributed by atoms with Crippen molar-refractivity contribution in [1.29, 1.82) is 0 Å². The van der Waals surface area contributed by atoms with Crippen molar-refractivity contribution in [3.05, 3.63) is 58.1 Å². The number of benzene rings is 2. The quantitative estimate of drug-likeness (QED) is 0.382. The number of rotatable bonds is 5. The Morgan fingerprint density at radius 1 is 1.09 bits per heavy atom. The summed E-state index contributed by atoms with van der Waals surface area (Å²) in [6.45, 7) is 7.98. The summed E-state index contributed by atoms with van der Waals surface area (Å²) in [5, 5.41) is 21.8. The molecule has 9 heteroatoms. The molecule has 3 aliphatic rings. The van der Waals surface area contributed by atoms with E-state index in [4.69, 9.17) is 16.3 Å². The molecule has 5 rings (SSSR count). The average Bonchev–Trinajstić information content (AvgIpc) is 3.17. The Bertz CT molecular complexity index is 1320. The van der Waals surface area contributed by atoms with Crippen LogP contribution in [0.1, 0.15) is 86.7 Å². The lowest BCUT2D eigenvalue weighted by Gasteiger charge is -2.51. The molecular formula is C34H47ClN2O5S. The van der Waals surface area contributed by atoms with Crippen LogP contribution in [0.2, 0.25) is 5.02 Å². The van der Waals surface area contributed by atoms with Crippen molar-refractivity contribution < 1.29 is 24.0 Å². The van der Waals surface area contributed by atoms with Crippen LogP contribution >= 0.6 is 11.6 Å². The molecular weight excluding hydrogens is 584 g/mol. The van der Waals surface area contributed by atoms with Gasteiger partial charge in [0.1, 0.15) is 16.7 Å². The van der Waals surface area contributed by atoms with Crippen LogP contribution in [-0.2, 0) is 17.4 Å². The minimum atomic E-state index is -1.55. The van der Waals surface area contributed by atoms with Gasteiger partial charge in [0, 0.05) is 35.0 Å². The van der Waals surface area contributed by atoms with Crippen molar-refractivity contribution in [2.24, 2.45) is 23.2 Å². The second-order valence-corrected chi connectivity index (χ2v) is 15.1. The van der Waals surface area contributed by atoms with Crippen LogP contribution in [0.5, 0.6) is 5.75 Å². The molecule has 2 bridgehead atoms. The number of carbonyl (C=O) groups excluding carboxylic acids is 1. The van der Waals surface area contributed by atoms with Gasteiger partial charge in [-0.2, -0.15) is 0 Å². The smallest absolute Gasteiger partial charge is 0.263 e. The van der Waals surface area contributed by atoms with Crippen molar-refractivity contribution >= 4 is 34.2 Å². The molecule has 0 spiro atoms. The first-order valence-corrected chi connectivity index (χ1v) is 17.5. The third-order valence-electron chi connectivity index (χ3n) is 10.5. The minimum absolute atomic E-state index is 0.0474. The van der Waals surface area contributed by atoms with Gasteiger partial charge < -0.3 is 19.8 Å². The van der Waals surface area contributed by atoms with Crippen LogP contribution in [0.15, 0.2) is 36.4 Å². The van der Waals surface area contributed by atoms with E-state index < -0.39 is 16.4 Å². The van der Waals surface area contributed by atoms with Crippen molar-refractivity contribution in [1.82, 2.24) is 4.72 Å². The lowest BCUT2D eigenvalue weighted by Crippen LogP contribution is -2.50. The van der Waals surface area contributed by atoms with Crippen molar-refractivity contribution in [3.8, 4) is 5.75 Å². The zero-order chi connectivity index (χ0) is 30.7. The molecule has 0 saturated heterocycles. The van der Waals surface area contributed by atoms with E-state index in [9.17, 15) is 19.2 Å². The molecule has 43 heavy (non-hydrogen) atoms. The zero-order valence-corrected chi connectivity index (χ0v) is 27.3. The van der Waals surface area contributed by atoms with Gasteiger partial charge in [-0.25, -0.2) is 4.21 Å². The Kier molecular flexibility index (Phi) is 10.4. The SMILES string of the molecule is CCCc1cc(Cl)ccc1C1COc2ccc3cc2N(C1)CC1CCC1C(CO)(CO)CCCC(C)C(C)S(=O)NC3=O. The van der Waals surface area contributed by atoms with E-state index in [0.717, 1.165) is 68.0 Å². The molecule has 6 atom stereocenters. The van der Waals surface area contributed by atoms with Crippen LogP contribution in [-0.4, -0.2) is 58.5 Å². The van der Waals surface area contributed by atoms with E-state index in [0.29, 0.717) is 24.6 Å². The number of carbonyl (C=O) groups is 1. The number of ether oxygens (including phenoxy) is 1. The largest absolute Gasteiger partial charge is 0.491 e. The fourth-order valence-corrected chi connectivity index (χ4v) is 8.66. The van der Waals surface area contributed by atoms with Gasteiger partial charge >= 0.3 is 0 Å². The van der Waals surface area contributed by atoms with E-state index in [2.05, 4.69) is 35.6 Å². The third-order valence-corrected chi connectivity index (χ3v) is 12.2. The number of aliphatic hydroxyl groups is 2. The Labute approximate surface area is 263 Å². The summed E-state index contributed by atoms with van der Waals surface area (Å²) >= 11 is 6.41. The topological polar surface area (TPSA) is 99.1 Å². The number of hydrogen-bond acceptors (Lipinski definition) is 6. The number of hydrogen-bond donors (Lipinski definition) is 3. The van der Waals surface area contributed by atoms with E-state index in [-0.39, 0.29) is 42.1 Å². The maximum absolute atomic E-state index is 13.3. The monoisotopic (exact) mass is 630 g/mol. The van der Waals surface area contributed by atoms with E-state index >= 15 is 0 Å². The normalized spacial score (nSPS) is 29.4. The molecule has 0 radical (unpaired) electrons. The van der Waals surface area contributed by atoms with E-state index in [1.54, 1.807) is 6.07 Å². The summed E-state index contributed by atoms with van der Waals surface area (Å²) in [6, 6.07) is 11.6. The molecule has 1 fully saturated rings. The van der Waals surface area contributed by atoms with Crippen molar-refractivity contribution in [2.75, 3.05) is 37.8 Å². The maximum Gasteiger partial charge on any atom is 0.263 e. The number of halogens is 1. The highest BCUT2D eigenvalue weighted by Crippen LogP contribution is 2.50. The van der Waals surface area contributed by atoms with Crippen LogP contribution in [0.25, 0.3) is 0 Å². The number of nitrogens with one attached hydrogen (secondary N) is 1. The summed E-state index contributed by atoms with van der Waals surface area (Å²) in [4.78, 5) is 15.7. The van der Waals surface area contributed by atoms with Crippen LogP contribution in [0, 0.1) is 23.2 Å². The molecule has 1 aliphatic carbocycles. The number of amides is 1. The van der Waals surface area contributed by atoms with Crippen molar-refractivity contribution in [2.45, 2.75) is 76.9 Å². The predicted octanol–water partition coefficient (Wildman–Crippen LogP) is 5.87. The molecule has 2 heterocycles. The second kappa shape index (κ2) is 13.9. The van der Waals surface area contributed by atoms with Gasteiger partial charge in [-0.3, -0.25) is 9.52 Å². The number of anilines is 1. The molecule has 7 nitrogen and oxygen atoms in total. The van der Waals surface area contributed by atoms with Crippen LogP contribution < -0.4 is 14.4 Å². The molecule has 1 saturated carbocycles. The lowest BCUT2D eigenvalue weighted by atomic mass is 9.57. The standard InChI is InChI=1S/C34H47ClN2O5S/c1-4-6-24-15-28(35)10-11-29(24)27-18-37-17-26-8-12-30(26)34(20-38,21-39)14-5-7-22(2)23(3)43(41)36-33(40)25-9-13-32(42-19-27)31(37)16-25/h9-11,13,15-16,22-23,26-27,30,38-39H,4-8,12,14,17-21H2,1-3H3,(H,36,40). The average molecular weight is 631 g/mol. The van der Waals surface area contributed by atoms with Gasteiger partial charge in [0.05, 0.1) is 30.8 Å². The minimum Gasteiger partial charge on any atom is -0.491 e. The van der Waals surface area contributed by atoms with E-state index in [1.807, 2.05) is 25.1 Å². The first kappa shape index (κ1) is 32.3. The highest BCUT2D eigenvalue weighted by atomic mass is 35.5. The molecule has 1 amide bonds. The highest BCUT2D eigenvalue weighted by Gasteiger charge is 2.47. The summed E-state index contributed by atoms with van der Waals surface area (Å²) in [5.74, 6) is 1.06. The van der Waals surface area contributed by atoms with Crippen molar-refractivity contribution in [3.63, 3.8) is 0 Å². The Morgan fingerprint density at radius 3 is 2.58 bits per heavy atom. The number of aliphatic hydroxyl groups excluding tert-OH is 2. The number of fused-ring (bicyclic) bond motifs is 2. The molecule has 3 N–H and O–H groups in total. The number of nitrogens with zero attached hydrogens (tertiary/aromatic N) is 1. The zero-order valence-electron chi connectivity index (χ0n) is 25.7. The fraction of sp³-hybridized carbons (Fsp3) is 0.618. The highest BCUT2D eigenvalue weighted by molar-refractivity contribution is 7.84. The van der Waals surface area contributed by atoms with Gasteiger partial charge in [0.25, 0.3) is 5.91 Å². The van der Waals surface area contributed by atoms with Gasteiger partial charge in [-0.1, -0.05) is 44.4 Å². The third kappa shape index (κ3) is 6.77. The van der Waals surface area contributed by atoms with Gasteiger partial charge in [0.15, 0.2) is 0 Å². The van der Waals surface area contributed by atoms with Crippen LogP contribution in [0.3, 0.4) is 0 Å². The Morgan fingerprint density at radius 2 is 1.88 bits per heavy atom. The van der Waals surface area contributed by atoms with E-state index in [1.165, 1.54) is 11.1 Å². The molecule has 2 aliphatic heterocycles. The first-order valence-electron chi connectivity index (χ1n) is 15.9. The Hall–Kier alpha value is -2.13. The van der Waals surface area contributed by atoms with Crippen LogP contribution in [0.4, 0.5) is 5.69 Å². The molecule has 236 valence electrons. The maximum atomic E-state index is 13.3. The molecule has 2 aromatic carbocycles. The van der Waals surface area contributed by atoms with Gasteiger partial charge in [-0.15, -0.1) is 0 Å². The second-order valence-electron chi connectivity index (χ2n) is 13.1. The van der Waals surface area contributed by atoms with Gasteiger partial charge in [-0.05, 0) is 98.2 Å². The summed E-state index contributed by atoms with van der Waals surface area (Å²) in [5.41, 5.74) is 3.22. The summed E-state index contributed by atoms with van der Waals surface area (Å²) < 4.78 is 22.4. The Balaban J connectivity index is 1.55. The lowest BCUT2D eigenvalue weighted by molar-refractivity contribution is -0.0664. The summed E-state index contributed by atoms with van der Waals surface area (Å²) in [6.07, 6.45) is 6.29.